The number of carbonyl (C=O) groups excluding carboxylic acids is 1. The SMILES string of the molecule is C=CS(=O)(=O)CCOCNc1nc(F)nc(Nc2cc(S(=O)(=O)O)cc(NN=C(N=Nc3ccccc3C=O)c3ccccc3)c2O)n1. The van der Waals surface area contributed by atoms with Gasteiger partial charge in [-0.3, -0.25) is 14.8 Å². The Morgan fingerprint density at radius 3 is 2.38 bits per heavy atom. The number of aromatic hydroxyl groups is 1. The van der Waals surface area contributed by atoms with Gasteiger partial charge >= 0.3 is 6.08 Å². The average Bonchev–Trinajstić information content (AvgIpc) is 3.05. The van der Waals surface area contributed by atoms with Crippen molar-refractivity contribution in [1.82, 2.24) is 15.0 Å². The highest BCUT2D eigenvalue weighted by Gasteiger charge is 2.19. The molecule has 0 radical (unpaired) electrons. The van der Waals surface area contributed by atoms with Crippen molar-refractivity contribution < 1.29 is 40.4 Å². The number of hydrazone groups is 1. The molecule has 0 atom stereocenters. The van der Waals surface area contributed by atoms with Crippen LogP contribution < -0.4 is 16.1 Å². The molecule has 0 fully saturated rings. The molecule has 0 saturated carbocycles. The molecule has 48 heavy (non-hydrogen) atoms. The van der Waals surface area contributed by atoms with E-state index < -0.39 is 48.3 Å². The van der Waals surface area contributed by atoms with Crippen molar-refractivity contribution in [2.45, 2.75) is 4.90 Å². The number of halogens is 1. The molecule has 0 unspecified atom stereocenters. The quantitative estimate of drug-likeness (QED) is 0.0135. The third-order valence-corrected chi connectivity index (χ3v) is 8.04. The van der Waals surface area contributed by atoms with Gasteiger partial charge in [-0.15, -0.1) is 10.2 Å². The molecule has 4 aromatic rings. The second kappa shape index (κ2) is 15.7. The number of phenolic OH excluding ortho intramolecular Hbond substituents is 1. The standard InChI is InChI=1S/C28H26FN9O8S2/c1-2-47(41,42)13-12-46-17-30-27-32-26(29)33-28(34-27)31-22-14-20(48(43,44)45)15-23(24(22)40)36-38-25(18-8-4-3-5-9-18)37-35-21-11-7-6-10-19(21)16-39/h2-11,14-16,36,40H,1,12-13,17H2,(H,43,44,45)(H2,30,31,32,33,34). The minimum absolute atomic E-state index is 0.0537. The maximum absolute atomic E-state index is 14.2. The van der Waals surface area contributed by atoms with Crippen LogP contribution >= 0.6 is 0 Å². The van der Waals surface area contributed by atoms with E-state index >= 15 is 0 Å². The van der Waals surface area contributed by atoms with E-state index in [4.69, 9.17) is 4.74 Å². The summed E-state index contributed by atoms with van der Waals surface area (Å²) in [5.74, 6) is -1.93. The van der Waals surface area contributed by atoms with Gasteiger partial charge in [0.05, 0.1) is 28.6 Å². The summed E-state index contributed by atoms with van der Waals surface area (Å²) in [7, 11) is -8.36. The van der Waals surface area contributed by atoms with Crippen LogP contribution in [-0.4, -0.2) is 72.7 Å². The Labute approximate surface area is 273 Å². The molecule has 0 spiro atoms. The third-order valence-electron chi connectivity index (χ3n) is 5.96. The first kappa shape index (κ1) is 35.2. The van der Waals surface area contributed by atoms with Crippen LogP contribution in [0.5, 0.6) is 5.75 Å². The lowest BCUT2D eigenvalue weighted by Crippen LogP contribution is -2.15. The number of amidine groups is 1. The molecule has 5 N–H and O–H groups in total. The van der Waals surface area contributed by atoms with Gasteiger partial charge in [0.25, 0.3) is 10.1 Å². The number of hydrogen-bond donors (Lipinski definition) is 5. The fraction of sp³-hybridized carbons (Fsp3) is 0.107. The zero-order valence-electron chi connectivity index (χ0n) is 24.6. The summed E-state index contributed by atoms with van der Waals surface area (Å²) in [6.07, 6.45) is -0.684. The molecular formula is C28H26FN9O8S2. The Morgan fingerprint density at radius 2 is 1.67 bits per heavy atom. The largest absolute Gasteiger partial charge is 0.504 e. The van der Waals surface area contributed by atoms with Crippen molar-refractivity contribution in [3.05, 3.63) is 95.9 Å². The normalized spacial score (nSPS) is 12.1. The number of aromatic nitrogens is 3. The highest BCUT2D eigenvalue weighted by molar-refractivity contribution is 7.94. The Morgan fingerprint density at radius 1 is 0.979 bits per heavy atom. The van der Waals surface area contributed by atoms with E-state index in [1.54, 1.807) is 48.5 Å². The van der Waals surface area contributed by atoms with Crippen LogP contribution in [0, 0.1) is 6.08 Å². The summed E-state index contributed by atoms with van der Waals surface area (Å²) in [6.45, 7) is 2.65. The molecule has 0 aliphatic heterocycles. The molecule has 3 aromatic carbocycles. The lowest BCUT2D eigenvalue weighted by atomic mass is 10.2. The highest BCUT2D eigenvalue weighted by atomic mass is 32.2. The Hall–Kier alpha value is -5.70. The van der Waals surface area contributed by atoms with Crippen LogP contribution in [-0.2, 0) is 24.7 Å². The van der Waals surface area contributed by atoms with E-state index in [-0.39, 0.29) is 47.8 Å². The summed E-state index contributed by atoms with van der Waals surface area (Å²) in [5, 5.41) is 29.1. The van der Waals surface area contributed by atoms with Gasteiger partial charge in [-0.05, 0) is 24.3 Å². The first-order valence-corrected chi connectivity index (χ1v) is 16.6. The van der Waals surface area contributed by atoms with Gasteiger partial charge in [0.15, 0.2) is 21.9 Å². The van der Waals surface area contributed by atoms with E-state index in [0.717, 1.165) is 17.5 Å². The Balaban J connectivity index is 1.63. The van der Waals surface area contributed by atoms with Crippen LogP contribution in [0.3, 0.4) is 0 Å². The first-order valence-electron chi connectivity index (χ1n) is 13.4. The summed E-state index contributed by atoms with van der Waals surface area (Å²) in [5.41, 5.74) is 2.65. The van der Waals surface area contributed by atoms with Crippen molar-refractivity contribution in [3.8, 4) is 5.75 Å². The van der Waals surface area contributed by atoms with Crippen molar-refractivity contribution in [3.63, 3.8) is 0 Å². The monoisotopic (exact) mass is 699 g/mol. The van der Waals surface area contributed by atoms with E-state index in [9.17, 15) is 35.7 Å². The van der Waals surface area contributed by atoms with Gasteiger partial charge < -0.3 is 20.5 Å². The number of hydrogen-bond acceptors (Lipinski definition) is 15. The number of nitrogens with zero attached hydrogens (tertiary/aromatic N) is 6. The van der Waals surface area contributed by atoms with Gasteiger partial charge in [0.1, 0.15) is 12.4 Å². The molecule has 20 heteroatoms. The number of nitrogens with one attached hydrogen (secondary N) is 3. The van der Waals surface area contributed by atoms with E-state index in [1.165, 1.54) is 6.07 Å². The third kappa shape index (κ3) is 9.90. The average molecular weight is 700 g/mol. The maximum atomic E-state index is 14.2. The molecule has 17 nitrogen and oxygen atoms in total. The maximum Gasteiger partial charge on any atom is 0.315 e. The topological polar surface area (TPSA) is 247 Å². The van der Waals surface area contributed by atoms with Gasteiger partial charge in [-0.1, -0.05) is 49.0 Å². The number of aldehydes is 1. The predicted octanol–water partition coefficient (Wildman–Crippen LogP) is 4.02. The number of carbonyl (C=O) groups is 1. The first-order chi connectivity index (χ1) is 22.9. The van der Waals surface area contributed by atoms with Crippen LogP contribution in [0.25, 0.3) is 0 Å². The van der Waals surface area contributed by atoms with Crippen LogP contribution in [0.15, 0.2) is 98.9 Å². The van der Waals surface area contributed by atoms with Gasteiger partial charge in [-0.25, -0.2) is 8.42 Å². The summed E-state index contributed by atoms with van der Waals surface area (Å²) < 4.78 is 76.2. The van der Waals surface area contributed by atoms with Crippen molar-refractivity contribution in [2.75, 3.05) is 35.1 Å². The zero-order valence-corrected chi connectivity index (χ0v) is 26.2. The van der Waals surface area contributed by atoms with Crippen molar-refractivity contribution in [2.24, 2.45) is 15.3 Å². The number of sulfone groups is 1. The molecule has 0 aliphatic carbocycles. The number of ether oxygens (including phenoxy) is 1. The molecule has 0 saturated heterocycles. The van der Waals surface area contributed by atoms with Crippen LogP contribution in [0.2, 0.25) is 0 Å². The van der Waals surface area contributed by atoms with Crippen LogP contribution in [0.1, 0.15) is 15.9 Å². The number of rotatable bonds is 15. The van der Waals surface area contributed by atoms with E-state index in [0.29, 0.717) is 11.8 Å². The van der Waals surface area contributed by atoms with Gasteiger partial charge in [0.2, 0.25) is 17.7 Å². The molecule has 1 heterocycles. The fourth-order valence-electron chi connectivity index (χ4n) is 3.61. The second-order valence-corrected chi connectivity index (χ2v) is 12.8. The number of anilines is 4. The lowest BCUT2D eigenvalue weighted by Gasteiger charge is -2.13. The Kier molecular flexibility index (Phi) is 11.5. The second-order valence-electron chi connectivity index (χ2n) is 9.27. The molecule has 4 rings (SSSR count). The van der Waals surface area contributed by atoms with Crippen LogP contribution in [0.4, 0.5) is 33.3 Å². The molecule has 1 aromatic heterocycles. The molecule has 0 amide bonds. The van der Waals surface area contributed by atoms with Crippen molar-refractivity contribution >= 4 is 61.0 Å². The molecule has 250 valence electrons. The molecular weight excluding hydrogens is 673 g/mol. The number of azo groups is 1. The smallest absolute Gasteiger partial charge is 0.315 e. The summed E-state index contributed by atoms with van der Waals surface area (Å²) in [4.78, 5) is 21.5. The summed E-state index contributed by atoms with van der Waals surface area (Å²) in [6, 6.07) is 16.5. The van der Waals surface area contributed by atoms with Gasteiger partial charge in [0, 0.05) is 16.5 Å². The summed E-state index contributed by atoms with van der Waals surface area (Å²) >= 11 is 0. The number of benzene rings is 3. The number of phenols is 1. The Bertz CT molecular complexity index is 2080. The van der Waals surface area contributed by atoms with Gasteiger partial charge in [-0.2, -0.15) is 32.9 Å². The zero-order chi connectivity index (χ0) is 34.7. The predicted molar refractivity (Wildman–Crippen MR) is 172 cm³/mol. The molecule has 0 bridgehead atoms. The van der Waals surface area contributed by atoms with E-state index in [1.807, 2.05) is 0 Å². The minimum atomic E-state index is -4.87. The fourth-order valence-corrected chi connectivity index (χ4v) is 4.66. The molecule has 0 aliphatic rings. The van der Waals surface area contributed by atoms with Crippen molar-refractivity contribution in [1.29, 1.82) is 0 Å². The van der Waals surface area contributed by atoms with E-state index in [2.05, 4.69) is 52.9 Å². The minimum Gasteiger partial charge on any atom is -0.504 e. The lowest BCUT2D eigenvalue weighted by molar-refractivity contribution is 0.112. The highest BCUT2D eigenvalue weighted by Crippen LogP contribution is 2.37.